The van der Waals surface area contributed by atoms with E-state index in [1.807, 2.05) is 0 Å². The summed E-state index contributed by atoms with van der Waals surface area (Å²) in [5.41, 5.74) is 0. The first kappa shape index (κ1) is 11.2. The Morgan fingerprint density at radius 2 is 2.36 bits per heavy atom. The highest BCUT2D eigenvalue weighted by Crippen LogP contribution is 2.07. The van der Waals surface area contributed by atoms with Crippen LogP contribution in [0, 0.1) is 0 Å². The lowest BCUT2D eigenvalue weighted by Gasteiger charge is -2.13. The summed E-state index contributed by atoms with van der Waals surface area (Å²) < 4.78 is 25.6. The second kappa shape index (κ2) is 4.59. The Labute approximate surface area is 83.2 Å². The van der Waals surface area contributed by atoms with Crippen LogP contribution in [-0.2, 0) is 10.0 Å². The molecule has 0 amide bonds. The van der Waals surface area contributed by atoms with Crippen molar-refractivity contribution in [1.82, 2.24) is 9.71 Å². The highest BCUT2D eigenvalue weighted by molar-refractivity contribution is 7.89. The second-order valence-electron chi connectivity index (χ2n) is 2.96. The van der Waals surface area contributed by atoms with Gasteiger partial charge >= 0.3 is 0 Å². The van der Waals surface area contributed by atoms with Gasteiger partial charge in [0.2, 0.25) is 10.0 Å². The molecule has 0 fully saturated rings. The van der Waals surface area contributed by atoms with E-state index < -0.39 is 16.1 Å². The van der Waals surface area contributed by atoms with E-state index >= 15 is 0 Å². The number of aromatic nitrogens is 1. The predicted molar refractivity (Wildman–Crippen MR) is 52.3 cm³/mol. The van der Waals surface area contributed by atoms with Gasteiger partial charge in [-0.1, -0.05) is 6.92 Å². The van der Waals surface area contributed by atoms with E-state index in [1.54, 1.807) is 6.92 Å². The van der Waals surface area contributed by atoms with E-state index in [0.29, 0.717) is 6.42 Å². The predicted octanol–water partition coefficient (Wildman–Crippen LogP) is 0.0639. The molecule has 0 saturated heterocycles. The van der Waals surface area contributed by atoms with E-state index in [9.17, 15) is 8.42 Å². The average Bonchev–Trinajstić information content (AvgIpc) is 2.67. The van der Waals surface area contributed by atoms with E-state index in [2.05, 4.69) is 9.71 Å². The molecule has 6 heteroatoms. The molecule has 0 saturated carbocycles. The van der Waals surface area contributed by atoms with Gasteiger partial charge < -0.3 is 10.1 Å². The number of hydrogen-bond acceptors (Lipinski definition) is 3. The normalized spacial score (nSPS) is 14.1. The summed E-state index contributed by atoms with van der Waals surface area (Å²) in [4.78, 5) is 2.85. The van der Waals surface area contributed by atoms with Crippen LogP contribution in [0.2, 0.25) is 0 Å². The molecule has 1 aromatic heterocycles. The Morgan fingerprint density at radius 1 is 1.64 bits per heavy atom. The Bertz CT molecular complexity index is 354. The van der Waals surface area contributed by atoms with Gasteiger partial charge in [0.15, 0.2) is 0 Å². The number of aliphatic hydroxyl groups is 1. The number of aliphatic hydroxyl groups excluding tert-OH is 1. The molecule has 1 unspecified atom stereocenters. The molecule has 0 aliphatic rings. The van der Waals surface area contributed by atoms with Crippen LogP contribution >= 0.6 is 0 Å². The molecule has 5 nitrogen and oxygen atoms in total. The zero-order valence-electron chi connectivity index (χ0n) is 7.90. The van der Waals surface area contributed by atoms with Gasteiger partial charge in [-0.15, -0.1) is 0 Å². The number of nitrogens with one attached hydrogen (secondary N) is 2. The topological polar surface area (TPSA) is 82.2 Å². The maximum absolute atomic E-state index is 11.6. The molecule has 0 aliphatic carbocycles. The van der Waals surface area contributed by atoms with Crippen LogP contribution in [0.15, 0.2) is 23.4 Å². The van der Waals surface area contributed by atoms with E-state index in [-0.39, 0.29) is 11.5 Å². The Morgan fingerprint density at radius 3 is 2.79 bits per heavy atom. The maximum Gasteiger partial charge on any atom is 0.242 e. The fourth-order valence-electron chi connectivity index (χ4n) is 1.01. The molecule has 0 spiro atoms. The van der Waals surface area contributed by atoms with Crippen molar-refractivity contribution in [2.75, 3.05) is 6.61 Å². The van der Waals surface area contributed by atoms with Crippen molar-refractivity contribution in [2.24, 2.45) is 0 Å². The molecule has 1 atom stereocenters. The third-order valence-corrected chi connectivity index (χ3v) is 3.43. The third kappa shape index (κ3) is 2.57. The first-order valence-electron chi connectivity index (χ1n) is 4.36. The zero-order chi connectivity index (χ0) is 10.6. The molecule has 80 valence electrons. The highest BCUT2D eigenvalue weighted by Gasteiger charge is 2.18. The Balaban J connectivity index is 2.77. The van der Waals surface area contributed by atoms with Crippen LogP contribution in [0.5, 0.6) is 0 Å². The SMILES string of the molecule is CCC(CO)NS(=O)(=O)c1cc[nH]c1. The minimum absolute atomic E-state index is 0.185. The van der Waals surface area contributed by atoms with E-state index in [1.165, 1.54) is 18.5 Å². The fraction of sp³-hybridized carbons (Fsp3) is 0.500. The van der Waals surface area contributed by atoms with Crippen molar-refractivity contribution < 1.29 is 13.5 Å². The Kier molecular flexibility index (Phi) is 3.68. The van der Waals surface area contributed by atoms with Crippen molar-refractivity contribution in [2.45, 2.75) is 24.3 Å². The fourth-order valence-corrected chi connectivity index (χ4v) is 2.30. The summed E-state index contributed by atoms with van der Waals surface area (Å²) >= 11 is 0. The van der Waals surface area contributed by atoms with E-state index in [0.717, 1.165) is 0 Å². The number of H-pyrrole nitrogens is 1. The largest absolute Gasteiger partial charge is 0.395 e. The average molecular weight is 218 g/mol. The quantitative estimate of drug-likeness (QED) is 0.653. The smallest absolute Gasteiger partial charge is 0.242 e. The Hall–Kier alpha value is -0.850. The van der Waals surface area contributed by atoms with Gasteiger partial charge in [-0.2, -0.15) is 0 Å². The van der Waals surface area contributed by atoms with Gasteiger partial charge in [0.1, 0.15) is 0 Å². The molecule has 0 radical (unpaired) electrons. The van der Waals surface area contributed by atoms with Crippen molar-refractivity contribution in [3.8, 4) is 0 Å². The molecule has 1 heterocycles. The molecular formula is C8H14N2O3S. The summed E-state index contributed by atoms with van der Waals surface area (Å²) in [5, 5.41) is 8.85. The van der Waals surface area contributed by atoms with Crippen molar-refractivity contribution in [1.29, 1.82) is 0 Å². The summed E-state index contributed by atoms with van der Waals surface area (Å²) in [6, 6.07) is 1.04. The van der Waals surface area contributed by atoms with Crippen LogP contribution in [0.1, 0.15) is 13.3 Å². The maximum atomic E-state index is 11.6. The molecule has 14 heavy (non-hydrogen) atoms. The van der Waals surface area contributed by atoms with Crippen LogP contribution < -0.4 is 4.72 Å². The second-order valence-corrected chi connectivity index (χ2v) is 4.67. The summed E-state index contributed by atoms with van der Waals surface area (Å²) in [5.74, 6) is 0. The number of sulfonamides is 1. The first-order chi connectivity index (χ1) is 6.60. The lowest BCUT2D eigenvalue weighted by molar-refractivity contribution is 0.254. The molecule has 1 rings (SSSR count). The van der Waals surface area contributed by atoms with Crippen LogP contribution in [0.25, 0.3) is 0 Å². The number of aromatic amines is 1. The molecule has 3 N–H and O–H groups in total. The summed E-state index contributed by atoms with van der Waals surface area (Å²) in [7, 11) is -3.48. The minimum Gasteiger partial charge on any atom is -0.395 e. The van der Waals surface area contributed by atoms with Gasteiger partial charge in [0.25, 0.3) is 0 Å². The molecule has 1 aromatic rings. The third-order valence-electron chi connectivity index (χ3n) is 1.91. The lowest BCUT2D eigenvalue weighted by Crippen LogP contribution is -2.36. The van der Waals surface area contributed by atoms with E-state index in [4.69, 9.17) is 5.11 Å². The monoisotopic (exact) mass is 218 g/mol. The number of hydrogen-bond donors (Lipinski definition) is 3. The van der Waals surface area contributed by atoms with Crippen LogP contribution in [0.3, 0.4) is 0 Å². The van der Waals surface area contributed by atoms with Gasteiger partial charge in [0, 0.05) is 18.4 Å². The first-order valence-corrected chi connectivity index (χ1v) is 5.84. The van der Waals surface area contributed by atoms with Gasteiger partial charge in [0.05, 0.1) is 11.5 Å². The summed E-state index contributed by atoms with van der Waals surface area (Å²) in [6.07, 6.45) is 3.49. The van der Waals surface area contributed by atoms with Gasteiger partial charge in [-0.3, -0.25) is 0 Å². The zero-order valence-corrected chi connectivity index (χ0v) is 8.71. The van der Waals surface area contributed by atoms with Crippen molar-refractivity contribution >= 4 is 10.0 Å². The van der Waals surface area contributed by atoms with Crippen LogP contribution in [0.4, 0.5) is 0 Å². The van der Waals surface area contributed by atoms with Crippen LogP contribution in [-0.4, -0.2) is 31.2 Å². The minimum atomic E-state index is -3.48. The lowest BCUT2D eigenvalue weighted by atomic mass is 10.3. The standard InChI is InChI=1S/C8H14N2O3S/c1-2-7(6-11)10-14(12,13)8-3-4-9-5-8/h3-5,7,9-11H,2,6H2,1H3. The molecule has 0 aliphatic heterocycles. The van der Waals surface area contributed by atoms with Gasteiger partial charge in [-0.25, -0.2) is 13.1 Å². The molecule has 0 bridgehead atoms. The highest BCUT2D eigenvalue weighted by atomic mass is 32.2. The molecular weight excluding hydrogens is 204 g/mol. The summed E-state index contributed by atoms with van der Waals surface area (Å²) in [6.45, 7) is 1.61. The molecule has 0 aromatic carbocycles. The van der Waals surface area contributed by atoms with Crippen molar-refractivity contribution in [3.05, 3.63) is 18.5 Å². The number of rotatable bonds is 5. The van der Waals surface area contributed by atoms with Crippen molar-refractivity contribution in [3.63, 3.8) is 0 Å². The van der Waals surface area contributed by atoms with Gasteiger partial charge in [-0.05, 0) is 12.5 Å².